The van der Waals surface area contributed by atoms with Gasteiger partial charge in [0, 0.05) is 35.8 Å². The van der Waals surface area contributed by atoms with Gasteiger partial charge >= 0.3 is 0 Å². The number of hydrogen-bond acceptors (Lipinski definition) is 4. The highest BCUT2D eigenvalue weighted by atomic mass is 16.2. The summed E-state index contributed by atoms with van der Waals surface area (Å²) in [5.74, 6) is 1.07. The highest BCUT2D eigenvalue weighted by molar-refractivity contribution is 5.94. The minimum atomic E-state index is 0.00320. The van der Waals surface area contributed by atoms with Crippen LogP contribution >= 0.6 is 0 Å². The first-order valence-electron chi connectivity index (χ1n) is 10.5. The van der Waals surface area contributed by atoms with Crippen LogP contribution in [0, 0.1) is 18.8 Å². The molecular weight excluding hydrogens is 362 g/mol. The minimum absolute atomic E-state index is 0.00320. The number of carbonyl (C=O) groups excluding carboxylic acids is 1. The third-order valence-electron chi connectivity index (χ3n) is 6.23. The van der Waals surface area contributed by atoms with Crippen LogP contribution in [-0.2, 0) is 0 Å². The lowest BCUT2D eigenvalue weighted by Crippen LogP contribution is -2.43. The molecule has 1 aliphatic rings. The van der Waals surface area contributed by atoms with E-state index >= 15 is 0 Å². The van der Waals surface area contributed by atoms with Crippen LogP contribution in [0.2, 0.25) is 0 Å². The van der Waals surface area contributed by atoms with Crippen molar-refractivity contribution in [3.05, 3.63) is 48.0 Å². The van der Waals surface area contributed by atoms with Crippen LogP contribution in [0.3, 0.4) is 0 Å². The summed E-state index contributed by atoms with van der Waals surface area (Å²) in [6.07, 6.45) is 6.87. The number of aromatic nitrogens is 4. The van der Waals surface area contributed by atoms with Crippen LogP contribution < -0.4 is 0 Å². The van der Waals surface area contributed by atoms with Crippen molar-refractivity contribution in [2.45, 2.75) is 53.0 Å². The Kier molecular flexibility index (Phi) is 5.35. The van der Waals surface area contributed by atoms with Gasteiger partial charge < -0.3 is 4.90 Å². The van der Waals surface area contributed by atoms with Crippen molar-refractivity contribution in [1.82, 2.24) is 24.9 Å². The van der Waals surface area contributed by atoms with Crippen LogP contribution in [0.4, 0.5) is 0 Å². The fourth-order valence-electron chi connectivity index (χ4n) is 4.41. The van der Waals surface area contributed by atoms with E-state index in [9.17, 15) is 4.79 Å². The summed E-state index contributed by atoms with van der Waals surface area (Å²) in [7, 11) is 0. The molecule has 0 N–H and O–H groups in total. The Balaban J connectivity index is 1.71. The molecule has 3 heterocycles. The largest absolute Gasteiger partial charge is 0.334 e. The SMILES string of the molecule is Cc1c(C(=O)N2CCC(C)CCC2C(C)C)nnn1-c1cccc2cnccc12. The number of amides is 1. The van der Waals surface area contributed by atoms with E-state index in [1.807, 2.05) is 42.3 Å². The maximum atomic E-state index is 13.5. The summed E-state index contributed by atoms with van der Waals surface area (Å²) in [4.78, 5) is 19.7. The van der Waals surface area contributed by atoms with Crippen LogP contribution in [-0.4, -0.2) is 43.4 Å². The molecule has 1 amide bonds. The minimum Gasteiger partial charge on any atom is -0.334 e. The molecule has 6 heteroatoms. The van der Waals surface area contributed by atoms with Crippen molar-refractivity contribution >= 4 is 16.7 Å². The molecule has 0 aliphatic carbocycles. The van der Waals surface area contributed by atoms with Crippen LogP contribution in [0.1, 0.15) is 56.2 Å². The molecule has 1 fully saturated rings. The second kappa shape index (κ2) is 7.93. The molecule has 6 nitrogen and oxygen atoms in total. The van der Waals surface area contributed by atoms with E-state index in [2.05, 4.69) is 36.1 Å². The Hall–Kier alpha value is -2.76. The third-order valence-corrected chi connectivity index (χ3v) is 6.23. The molecule has 0 spiro atoms. The Labute approximate surface area is 171 Å². The standard InChI is InChI=1S/C23H29N5O/c1-15(2)20-9-8-16(3)11-13-27(20)23(29)22-17(4)28(26-25-22)21-7-5-6-18-14-24-12-10-19(18)21/h5-7,10,12,14-16,20H,8-9,11,13H2,1-4H3. The first-order valence-corrected chi connectivity index (χ1v) is 10.5. The summed E-state index contributed by atoms with van der Waals surface area (Å²) in [5, 5.41) is 10.8. The zero-order valence-electron chi connectivity index (χ0n) is 17.7. The van der Waals surface area contributed by atoms with Gasteiger partial charge in [0.1, 0.15) is 0 Å². The highest BCUT2D eigenvalue weighted by Gasteiger charge is 2.32. The van der Waals surface area contributed by atoms with Gasteiger partial charge in [-0.3, -0.25) is 9.78 Å². The van der Waals surface area contributed by atoms with Gasteiger partial charge in [0.05, 0.1) is 11.4 Å². The maximum Gasteiger partial charge on any atom is 0.276 e. The van der Waals surface area contributed by atoms with Gasteiger partial charge in [-0.15, -0.1) is 5.10 Å². The molecule has 0 radical (unpaired) electrons. The number of rotatable bonds is 3. The summed E-state index contributed by atoms with van der Waals surface area (Å²) < 4.78 is 1.78. The summed E-state index contributed by atoms with van der Waals surface area (Å²) in [6.45, 7) is 9.40. The molecule has 0 saturated carbocycles. The predicted molar refractivity (Wildman–Crippen MR) is 114 cm³/mol. The van der Waals surface area contributed by atoms with Crippen molar-refractivity contribution in [2.75, 3.05) is 6.54 Å². The number of benzene rings is 1. The van der Waals surface area contributed by atoms with Crippen LogP contribution in [0.15, 0.2) is 36.7 Å². The molecular formula is C23H29N5O. The van der Waals surface area contributed by atoms with Crippen molar-refractivity contribution in [2.24, 2.45) is 11.8 Å². The van der Waals surface area contributed by atoms with E-state index in [0.29, 0.717) is 17.5 Å². The topological polar surface area (TPSA) is 63.9 Å². The Morgan fingerprint density at radius 1 is 1.17 bits per heavy atom. The zero-order chi connectivity index (χ0) is 20.5. The Morgan fingerprint density at radius 2 is 2.00 bits per heavy atom. The average Bonchev–Trinajstić information content (AvgIpc) is 2.98. The second-order valence-electron chi connectivity index (χ2n) is 8.59. The number of likely N-dealkylation sites (tertiary alicyclic amines) is 1. The van der Waals surface area contributed by atoms with Gasteiger partial charge in [-0.05, 0) is 50.2 Å². The zero-order valence-corrected chi connectivity index (χ0v) is 17.7. The van der Waals surface area contributed by atoms with Crippen molar-refractivity contribution in [1.29, 1.82) is 0 Å². The maximum absolute atomic E-state index is 13.5. The predicted octanol–water partition coefficient (Wildman–Crippen LogP) is 4.41. The quantitative estimate of drug-likeness (QED) is 0.663. The number of nitrogens with zero attached hydrogens (tertiary/aromatic N) is 5. The lowest BCUT2D eigenvalue weighted by molar-refractivity contribution is 0.0624. The molecule has 3 aromatic rings. The van der Waals surface area contributed by atoms with Crippen molar-refractivity contribution in [3.63, 3.8) is 0 Å². The van der Waals surface area contributed by atoms with Gasteiger partial charge in [0.2, 0.25) is 0 Å². The van der Waals surface area contributed by atoms with E-state index in [4.69, 9.17) is 0 Å². The second-order valence-corrected chi connectivity index (χ2v) is 8.59. The van der Waals surface area contributed by atoms with Crippen molar-refractivity contribution in [3.8, 4) is 5.69 Å². The summed E-state index contributed by atoms with van der Waals surface area (Å²) in [5.41, 5.74) is 2.15. The number of pyridine rings is 1. The average molecular weight is 392 g/mol. The fourth-order valence-corrected chi connectivity index (χ4v) is 4.41. The lowest BCUT2D eigenvalue weighted by atomic mass is 9.95. The molecule has 4 rings (SSSR count). The molecule has 152 valence electrons. The summed E-state index contributed by atoms with van der Waals surface area (Å²) in [6, 6.07) is 8.23. The normalized spacial score (nSPS) is 20.2. The molecule has 1 aromatic carbocycles. The smallest absolute Gasteiger partial charge is 0.276 e. The molecule has 2 aromatic heterocycles. The van der Waals surface area contributed by atoms with E-state index in [1.54, 1.807) is 10.9 Å². The van der Waals surface area contributed by atoms with E-state index < -0.39 is 0 Å². The summed E-state index contributed by atoms with van der Waals surface area (Å²) >= 11 is 0. The fraction of sp³-hybridized carbons (Fsp3) is 0.478. The van der Waals surface area contributed by atoms with E-state index in [0.717, 1.165) is 41.5 Å². The van der Waals surface area contributed by atoms with E-state index in [-0.39, 0.29) is 11.9 Å². The van der Waals surface area contributed by atoms with Gasteiger partial charge in [-0.2, -0.15) is 0 Å². The third kappa shape index (κ3) is 3.63. The Morgan fingerprint density at radius 3 is 2.79 bits per heavy atom. The molecule has 2 atom stereocenters. The highest BCUT2D eigenvalue weighted by Crippen LogP contribution is 2.28. The van der Waals surface area contributed by atoms with Gasteiger partial charge in [0.25, 0.3) is 5.91 Å². The molecule has 0 bridgehead atoms. The lowest BCUT2D eigenvalue weighted by Gasteiger charge is -2.32. The van der Waals surface area contributed by atoms with Crippen LogP contribution in [0.25, 0.3) is 16.5 Å². The monoisotopic (exact) mass is 391 g/mol. The molecule has 1 saturated heterocycles. The number of carbonyl (C=O) groups is 1. The van der Waals surface area contributed by atoms with Gasteiger partial charge in [-0.25, -0.2) is 4.68 Å². The number of fused-ring (bicyclic) bond motifs is 1. The van der Waals surface area contributed by atoms with Crippen molar-refractivity contribution < 1.29 is 4.79 Å². The molecule has 2 unspecified atom stereocenters. The molecule has 1 aliphatic heterocycles. The first-order chi connectivity index (χ1) is 14.0. The number of hydrogen-bond donors (Lipinski definition) is 0. The van der Waals surface area contributed by atoms with Crippen LogP contribution in [0.5, 0.6) is 0 Å². The first kappa shape index (κ1) is 19.6. The van der Waals surface area contributed by atoms with Gasteiger partial charge in [-0.1, -0.05) is 38.1 Å². The molecule has 29 heavy (non-hydrogen) atoms. The van der Waals surface area contributed by atoms with Gasteiger partial charge in [0.15, 0.2) is 5.69 Å². The van der Waals surface area contributed by atoms with E-state index in [1.165, 1.54) is 6.42 Å². The Bertz CT molecular complexity index is 1020.